The molecule has 5 heteroatoms. The molecule has 0 aromatic heterocycles. The van der Waals surface area contributed by atoms with Crippen LogP contribution in [0, 0.1) is 0 Å². The summed E-state index contributed by atoms with van der Waals surface area (Å²) in [6.07, 6.45) is 0. The van der Waals surface area contributed by atoms with Crippen LogP contribution in [-0.4, -0.2) is 36.7 Å². The largest absolute Gasteiger partial charge is 0.508 e. The first-order chi connectivity index (χ1) is 8.13. The molecule has 0 aliphatic heterocycles. The highest BCUT2D eigenvalue weighted by Crippen LogP contribution is 2.10. The van der Waals surface area contributed by atoms with E-state index in [-0.39, 0.29) is 31.4 Å². The minimum absolute atomic E-state index is 0.0917. The topological polar surface area (TPSA) is 72.8 Å². The van der Waals surface area contributed by atoms with Crippen LogP contribution in [0.2, 0.25) is 0 Å². The normalized spacial score (nSPS) is 9.94. The summed E-state index contributed by atoms with van der Waals surface area (Å²) in [5, 5.41) is 9.04. The number of Topliss-reactive ketones (excluding diaryl/α,β-unsaturated/α-hetero) is 1. The van der Waals surface area contributed by atoms with Crippen molar-refractivity contribution in [3.8, 4) is 5.75 Å². The SMILES string of the molecule is CCOC(=O)COCC(=O)c1ccc(O)cc1. The number of phenolic OH excluding ortho intramolecular Hbond substituents is 1. The summed E-state index contributed by atoms with van der Waals surface area (Å²) in [7, 11) is 0. The molecule has 0 bridgehead atoms. The first-order valence-corrected chi connectivity index (χ1v) is 5.19. The Morgan fingerprint density at radius 1 is 1.18 bits per heavy atom. The summed E-state index contributed by atoms with van der Waals surface area (Å²) < 4.78 is 9.54. The van der Waals surface area contributed by atoms with Gasteiger partial charge in [-0.25, -0.2) is 4.79 Å². The number of ketones is 1. The third-order valence-corrected chi connectivity index (χ3v) is 1.95. The summed E-state index contributed by atoms with van der Waals surface area (Å²) >= 11 is 0. The maximum Gasteiger partial charge on any atom is 0.332 e. The van der Waals surface area contributed by atoms with E-state index in [2.05, 4.69) is 4.74 Å². The fourth-order valence-electron chi connectivity index (χ4n) is 1.16. The molecule has 0 atom stereocenters. The average Bonchev–Trinajstić information content (AvgIpc) is 2.30. The van der Waals surface area contributed by atoms with E-state index in [4.69, 9.17) is 9.84 Å². The van der Waals surface area contributed by atoms with Crippen LogP contribution in [-0.2, 0) is 14.3 Å². The molecular formula is C12H14O5. The Morgan fingerprint density at radius 2 is 1.82 bits per heavy atom. The van der Waals surface area contributed by atoms with Crippen molar-refractivity contribution in [2.24, 2.45) is 0 Å². The fraction of sp³-hybridized carbons (Fsp3) is 0.333. The summed E-state index contributed by atoms with van der Waals surface area (Å²) in [6.45, 7) is 1.55. The second-order valence-corrected chi connectivity index (χ2v) is 3.27. The van der Waals surface area contributed by atoms with Gasteiger partial charge in [0.2, 0.25) is 0 Å². The molecule has 1 aromatic rings. The van der Waals surface area contributed by atoms with E-state index in [1.807, 2.05) is 0 Å². The highest BCUT2D eigenvalue weighted by atomic mass is 16.6. The van der Waals surface area contributed by atoms with E-state index in [1.165, 1.54) is 24.3 Å². The van der Waals surface area contributed by atoms with Gasteiger partial charge in [-0.2, -0.15) is 0 Å². The lowest BCUT2D eigenvalue weighted by atomic mass is 10.1. The van der Waals surface area contributed by atoms with Gasteiger partial charge in [0.15, 0.2) is 5.78 Å². The predicted octanol–water partition coefficient (Wildman–Crippen LogP) is 1.15. The summed E-state index contributed by atoms with van der Waals surface area (Å²) in [5.74, 6) is -0.658. The van der Waals surface area contributed by atoms with E-state index in [0.29, 0.717) is 5.56 Å². The molecule has 1 aromatic carbocycles. The van der Waals surface area contributed by atoms with Gasteiger partial charge in [-0.3, -0.25) is 4.79 Å². The van der Waals surface area contributed by atoms with Crippen LogP contribution in [0.3, 0.4) is 0 Å². The number of rotatable bonds is 6. The van der Waals surface area contributed by atoms with Crippen LogP contribution in [0.1, 0.15) is 17.3 Å². The second kappa shape index (κ2) is 6.65. The Hall–Kier alpha value is -1.88. The number of hydrogen-bond donors (Lipinski definition) is 1. The van der Waals surface area contributed by atoms with E-state index in [1.54, 1.807) is 6.92 Å². The Labute approximate surface area is 99.0 Å². The van der Waals surface area contributed by atoms with Gasteiger partial charge >= 0.3 is 5.97 Å². The zero-order chi connectivity index (χ0) is 12.7. The summed E-state index contributed by atoms with van der Waals surface area (Å²) in [5.41, 5.74) is 0.423. The number of carbonyl (C=O) groups is 2. The quantitative estimate of drug-likeness (QED) is 0.594. The molecule has 0 saturated carbocycles. The maximum absolute atomic E-state index is 11.5. The van der Waals surface area contributed by atoms with Crippen molar-refractivity contribution >= 4 is 11.8 Å². The first-order valence-electron chi connectivity index (χ1n) is 5.19. The Kier molecular flexibility index (Phi) is 5.16. The molecule has 0 radical (unpaired) electrons. The molecule has 92 valence electrons. The maximum atomic E-state index is 11.5. The monoisotopic (exact) mass is 238 g/mol. The van der Waals surface area contributed by atoms with E-state index in [0.717, 1.165) is 0 Å². The lowest BCUT2D eigenvalue weighted by Crippen LogP contribution is -2.16. The van der Waals surface area contributed by atoms with Crippen LogP contribution >= 0.6 is 0 Å². The standard InChI is InChI=1S/C12H14O5/c1-2-17-12(15)8-16-7-11(14)9-3-5-10(13)6-4-9/h3-6,13H,2,7-8H2,1H3. The highest BCUT2D eigenvalue weighted by Gasteiger charge is 2.08. The van der Waals surface area contributed by atoms with Crippen LogP contribution in [0.25, 0.3) is 0 Å². The summed E-state index contributed by atoms with van der Waals surface area (Å²) in [4.78, 5) is 22.5. The van der Waals surface area contributed by atoms with Crippen LogP contribution in [0.4, 0.5) is 0 Å². The van der Waals surface area contributed by atoms with Gasteiger partial charge in [-0.15, -0.1) is 0 Å². The molecule has 0 aliphatic carbocycles. The summed E-state index contributed by atoms with van der Waals surface area (Å²) in [6, 6.07) is 5.81. The van der Waals surface area contributed by atoms with E-state index >= 15 is 0 Å². The Morgan fingerprint density at radius 3 is 2.41 bits per heavy atom. The van der Waals surface area contributed by atoms with Gasteiger partial charge in [0.05, 0.1) is 6.61 Å². The molecule has 0 amide bonds. The van der Waals surface area contributed by atoms with Crippen molar-refractivity contribution in [2.75, 3.05) is 19.8 Å². The third-order valence-electron chi connectivity index (χ3n) is 1.95. The molecule has 1 N–H and O–H groups in total. The highest BCUT2D eigenvalue weighted by molar-refractivity contribution is 5.97. The minimum atomic E-state index is -0.494. The number of esters is 1. The number of ether oxygens (including phenoxy) is 2. The van der Waals surface area contributed by atoms with Crippen molar-refractivity contribution in [1.82, 2.24) is 0 Å². The van der Waals surface area contributed by atoms with Gasteiger partial charge < -0.3 is 14.6 Å². The number of hydrogen-bond acceptors (Lipinski definition) is 5. The first kappa shape index (κ1) is 13.2. The molecule has 5 nitrogen and oxygen atoms in total. The van der Waals surface area contributed by atoms with E-state index < -0.39 is 5.97 Å². The molecule has 1 rings (SSSR count). The van der Waals surface area contributed by atoms with Crippen molar-refractivity contribution in [1.29, 1.82) is 0 Å². The molecule has 0 unspecified atom stereocenters. The van der Waals surface area contributed by atoms with E-state index in [9.17, 15) is 9.59 Å². The van der Waals surface area contributed by atoms with Crippen LogP contribution in [0.15, 0.2) is 24.3 Å². The molecule has 0 spiro atoms. The third kappa shape index (κ3) is 4.65. The van der Waals surface area contributed by atoms with Crippen molar-refractivity contribution < 1.29 is 24.2 Å². The van der Waals surface area contributed by atoms with Gasteiger partial charge in [-0.05, 0) is 31.2 Å². The average molecular weight is 238 g/mol. The van der Waals surface area contributed by atoms with Crippen molar-refractivity contribution in [3.63, 3.8) is 0 Å². The van der Waals surface area contributed by atoms with Gasteiger partial charge in [0.25, 0.3) is 0 Å². The van der Waals surface area contributed by atoms with Crippen molar-refractivity contribution in [3.05, 3.63) is 29.8 Å². The molecule has 0 heterocycles. The zero-order valence-electron chi connectivity index (χ0n) is 9.51. The molecular weight excluding hydrogens is 224 g/mol. The minimum Gasteiger partial charge on any atom is -0.508 e. The second-order valence-electron chi connectivity index (χ2n) is 3.27. The molecule has 0 saturated heterocycles. The molecule has 17 heavy (non-hydrogen) atoms. The smallest absolute Gasteiger partial charge is 0.332 e. The van der Waals surface area contributed by atoms with Crippen LogP contribution in [0.5, 0.6) is 5.75 Å². The molecule has 0 fully saturated rings. The number of carbonyl (C=O) groups excluding carboxylic acids is 2. The number of benzene rings is 1. The lowest BCUT2D eigenvalue weighted by molar-refractivity contribution is -0.147. The molecule has 0 aliphatic rings. The Bertz CT molecular complexity index is 382. The Balaban J connectivity index is 2.35. The van der Waals surface area contributed by atoms with Crippen LogP contribution < -0.4 is 0 Å². The number of phenols is 1. The fourth-order valence-corrected chi connectivity index (χ4v) is 1.16. The van der Waals surface area contributed by atoms with Gasteiger partial charge in [0.1, 0.15) is 19.0 Å². The van der Waals surface area contributed by atoms with Crippen molar-refractivity contribution in [2.45, 2.75) is 6.92 Å². The lowest BCUT2D eigenvalue weighted by Gasteiger charge is -2.03. The zero-order valence-corrected chi connectivity index (χ0v) is 9.51. The van der Waals surface area contributed by atoms with Gasteiger partial charge in [0, 0.05) is 5.56 Å². The predicted molar refractivity (Wildman–Crippen MR) is 59.9 cm³/mol. The van der Waals surface area contributed by atoms with Gasteiger partial charge in [-0.1, -0.05) is 0 Å². The number of aromatic hydroxyl groups is 1.